The normalized spacial score (nSPS) is 10.3. The number of benzene rings is 2. The van der Waals surface area contributed by atoms with Gasteiger partial charge in [-0.3, -0.25) is 9.59 Å². The Morgan fingerprint density at radius 3 is 2.35 bits per heavy atom. The molecule has 4 nitrogen and oxygen atoms in total. The number of carbonyl (C=O) groups is 2. The molecule has 0 saturated carbocycles. The zero-order chi connectivity index (χ0) is 17.0. The summed E-state index contributed by atoms with van der Waals surface area (Å²) in [5.41, 5.74) is 1.85. The maximum absolute atomic E-state index is 12.5. The molecule has 2 aromatic carbocycles. The largest absolute Gasteiger partial charge is 0.355 e. The number of amides is 2. The quantitative estimate of drug-likeness (QED) is 0.915. The predicted molar refractivity (Wildman–Crippen MR) is 92.1 cm³/mol. The lowest BCUT2D eigenvalue weighted by molar-refractivity contribution is 0.0785. The molecule has 6 heteroatoms. The van der Waals surface area contributed by atoms with Gasteiger partial charge >= 0.3 is 0 Å². The molecular formula is C17H16Cl2N2O2. The van der Waals surface area contributed by atoms with Crippen LogP contribution < -0.4 is 5.32 Å². The van der Waals surface area contributed by atoms with E-state index in [9.17, 15) is 9.59 Å². The highest BCUT2D eigenvalue weighted by atomic mass is 35.5. The minimum absolute atomic E-state index is 0.147. The van der Waals surface area contributed by atoms with Gasteiger partial charge in [-0.15, -0.1) is 0 Å². The monoisotopic (exact) mass is 350 g/mol. The summed E-state index contributed by atoms with van der Waals surface area (Å²) in [6.45, 7) is 0.399. The molecule has 2 rings (SSSR count). The first kappa shape index (κ1) is 17.3. The van der Waals surface area contributed by atoms with E-state index < -0.39 is 0 Å². The fraction of sp³-hybridized carbons (Fsp3) is 0.176. The molecule has 2 aromatic rings. The fourth-order valence-electron chi connectivity index (χ4n) is 2.13. The summed E-state index contributed by atoms with van der Waals surface area (Å²) in [5.74, 6) is -0.362. The summed E-state index contributed by atoms with van der Waals surface area (Å²) in [5, 5.41) is 3.16. The number of nitrogens with zero attached hydrogens (tertiary/aromatic N) is 1. The summed E-state index contributed by atoms with van der Waals surface area (Å²) < 4.78 is 0. The molecule has 0 saturated heterocycles. The molecule has 0 aliphatic carbocycles. The van der Waals surface area contributed by atoms with E-state index in [0.717, 1.165) is 5.56 Å². The predicted octanol–water partition coefficient (Wildman–Crippen LogP) is 3.63. The van der Waals surface area contributed by atoms with Crippen LogP contribution in [-0.2, 0) is 6.54 Å². The third-order valence-corrected chi connectivity index (χ3v) is 4.21. The third kappa shape index (κ3) is 4.03. The summed E-state index contributed by atoms with van der Waals surface area (Å²) in [6.07, 6.45) is 0. The molecule has 0 spiro atoms. The van der Waals surface area contributed by atoms with Gasteiger partial charge in [-0.1, -0.05) is 41.4 Å². The topological polar surface area (TPSA) is 49.4 Å². The molecule has 0 radical (unpaired) electrons. The van der Waals surface area contributed by atoms with Crippen LogP contribution in [0.2, 0.25) is 10.0 Å². The Labute approximate surface area is 145 Å². The second-order valence-corrected chi connectivity index (χ2v) is 5.82. The van der Waals surface area contributed by atoms with E-state index >= 15 is 0 Å². The van der Waals surface area contributed by atoms with Crippen molar-refractivity contribution >= 4 is 35.0 Å². The van der Waals surface area contributed by atoms with Gasteiger partial charge in [-0.2, -0.15) is 0 Å². The standard InChI is InChI=1S/C17H16Cl2N2O2/c1-20-16(22)12-8-6-11(7-9-12)10-21(2)17(23)13-4-3-5-14(18)15(13)19/h3-9H,10H2,1-2H3,(H,20,22). The lowest BCUT2D eigenvalue weighted by Crippen LogP contribution is -2.26. The maximum atomic E-state index is 12.5. The first-order valence-electron chi connectivity index (χ1n) is 6.94. The number of halogens is 2. The highest BCUT2D eigenvalue weighted by molar-refractivity contribution is 6.43. The Morgan fingerprint density at radius 1 is 1.09 bits per heavy atom. The van der Waals surface area contributed by atoms with Gasteiger partial charge in [0.05, 0.1) is 15.6 Å². The SMILES string of the molecule is CNC(=O)c1ccc(CN(C)C(=O)c2cccc(Cl)c2Cl)cc1. The molecule has 0 heterocycles. The molecule has 0 fully saturated rings. The average Bonchev–Trinajstić information content (AvgIpc) is 2.56. The second kappa shape index (κ2) is 7.49. The van der Waals surface area contributed by atoms with E-state index in [0.29, 0.717) is 22.7 Å². The van der Waals surface area contributed by atoms with Crippen molar-refractivity contribution in [1.29, 1.82) is 0 Å². The number of nitrogens with one attached hydrogen (secondary N) is 1. The number of hydrogen-bond donors (Lipinski definition) is 1. The van der Waals surface area contributed by atoms with Crippen LogP contribution in [0, 0.1) is 0 Å². The van der Waals surface area contributed by atoms with E-state index in [1.54, 1.807) is 49.3 Å². The van der Waals surface area contributed by atoms with Crippen molar-refractivity contribution in [3.05, 3.63) is 69.2 Å². The minimum atomic E-state index is -0.215. The fourth-order valence-corrected chi connectivity index (χ4v) is 2.51. The lowest BCUT2D eigenvalue weighted by Gasteiger charge is -2.18. The number of hydrogen-bond acceptors (Lipinski definition) is 2. The number of rotatable bonds is 4. The van der Waals surface area contributed by atoms with Crippen LogP contribution >= 0.6 is 23.2 Å². The van der Waals surface area contributed by atoms with Crippen LogP contribution in [0.25, 0.3) is 0 Å². The molecule has 0 aliphatic heterocycles. The van der Waals surface area contributed by atoms with Crippen LogP contribution in [0.3, 0.4) is 0 Å². The Bertz CT molecular complexity index is 730. The van der Waals surface area contributed by atoms with Crippen LogP contribution in [0.4, 0.5) is 0 Å². The van der Waals surface area contributed by atoms with Crippen molar-refractivity contribution in [3.8, 4) is 0 Å². The molecule has 0 aromatic heterocycles. The van der Waals surface area contributed by atoms with E-state index in [-0.39, 0.29) is 16.8 Å². The summed E-state index contributed by atoms with van der Waals surface area (Å²) >= 11 is 12.0. The van der Waals surface area contributed by atoms with Crippen LogP contribution in [0.15, 0.2) is 42.5 Å². The summed E-state index contributed by atoms with van der Waals surface area (Å²) in [4.78, 5) is 25.5. The van der Waals surface area contributed by atoms with Crippen LogP contribution in [-0.4, -0.2) is 30.8 Å². The van der Waals surface area contributed by atoms with Crippen LogP contribution in [0.5, 0.6) is 0 Å². The first-order valence-corrected chi connectivity index (χ1v) is 7.70. The van der Waals surface area contributed by atoms with Crippen molar-refractivity contribution in [2.24, 2.45) is 0 Å². The Hall–Kier alpha value is -2.04. The highest BCUT2D eigenvalue weighted by Gasteiger charge is 2.17. The van der Waals surface area contributed by atoms with Gasteiger partial charge in [0.15, 0.2) is 0 Å². The van der Waals surface area contributed by atoms with Gasteiger partial charge in [-0.05, 0) is 29.8 Å². The van der Waals surface area contributed by atoms with E-state index in [1.807, 2.05) is 12.1 Å². The molecule has 0 atom stereocenters. The Kier molecular flexibility index (Phi) is 5.64. The van der Waals surface area contributed by atoms with Crippen molar-refractivity contribution in [3.63, 3.8) is 0 Å². The molecule has 120 valence electrons. The zero-order valence-corrected chi connectivity index (χ0v) is 14.3. The van der Waals surface area contributed by atoms with Crippen molar-refractivity contribution in [2.75, 3.05) is 14.1 Å². The molecule has 0 unspecified atom stereocenters. The van der Waals surface area contributed by atoms with Gasteiger partial charge in [0.25, 0.3) is 11.8 Å². The summed E-state index contributed by atoms with van der Waals surface area (Å²) in [6, 6.07) is 12.0. The Balaban J connectivity index is 2.12. The first-order chi connectivity index (χ1) is 10.9. The third-order valence-electron chi connectivity index (χ3n) is 3.39. The lowest BCUT2D eigenvalue weighted by atomic mass is 10.1. The molecule has 2 amide bonds. The van der Waals surface area contributed by atoms with Crippen molar-refractivity contribution in [1.82, 2.24) is 10.2 Å². The van der Waals surface area contributed by atoms with E-state index in [2.05, 4.69) is 5.32 Å². The molecule has 1 N–H and O–H groups in total. The van der Waals surface area contributed by atoms with Crippen LogP contribution in [0.1, 0.15) is 26.3 Å². The minimum Gasteiger partial charge on any atom is -0.355 e. The highest BCUT2D eigenvalue weighted by Crippen LogP contribution is 2.26. The van der Waals surface area contributed by atoms with E-state index in [1.165, 1.54) is 0 Å². The van der Waals surface area contributed by atoms with Gasteiger partial charge in [0.2, 0.25) is 0 Å². The molecule has 23 heavy (non-hydrogen) atoms. The second-order valence-electron chi connectivity index (χ2n) is 5.04. The van der Waals surface area contributed by atoms with Gasteiger partial charge in [0, 0.05) is 26.2 Å². The van der Waals surface area contributed by atoms with Gasteiger partial charge < -0.3 is 10.2 Å². The van der Waals surface area contributed by atoms with Gasteiger partial charge in [0.1, 0.15) is 0 Å². The smallest absolute Gasteiger partial charge is 0.255 e. The zero-order valence-electron chi connectivity index (χ0n) is 12.8. The van der Waals surface area contributed by atoms with Crippen molar-refractivity contribution < 1.29 is 9.59 Å². The molecule has 0 bridgehead atoms. The number of carbonyl (C=O) groups excluding carboxylic acids is 2. The maximum Gasteiger partial charge on any atom is 0.255 e. The molecule has 0 aliphatic rings. The average molecular weight is 351 g/mol. The van der Waals surface area contributed by atoms with Crippen molar-refractivity contribution in [2.45, 2.75) is 6.54 Å². The van der Waals surface area contributed by atoms with E-state index in [4.69, 9.17) is 23.2 Å². The molecular weight excluding hydrogens is 335 g/mol. The van der Waals surface area contributed by atoms with Gasteiger partial charge in [-0.25, -0.2) is 0 Å². The Morgan fingerprint density at radius 2 is 1.74 bits per heavy atom. The summed E-state index contributed by atoms with van der Waals surface area (Å²) in [7, 11) is 3.27.